The molecule has 2 saturated carbocycles. The maximum atomic E-state index is 10.9. The summed E-state index contributed by atoms with van der Waals surface area (Å²) in [5.41, 5.74) is 1.23. The van der Waals surface area contributed by atoms with Gasteiger partial charge in [-0.05, 0) is 44.1 Å². The molecule has 1 amide bonds. The number of carbonyl (C=O) groups excluding carboxylic acids is 9. The van der Waals surface area contributed by atoms with Crippen molar-refractivity contribution in [3.8, 4) is 0 Å². The number of amides is 1. The van der Waals surface area contributed by atoms with Crippen LogP contribution < -0.4 is 0 Å². The van der Waals surface area contributed by atoms with E-state index in [1.54, 1.807) is 11.8 Å². The third kappa shape index (κ3) is 39.7. The number of carbonyl (C=O) groups is 9. The number of Topliss-reactive ketones (excluding diaryl/α,β-unsaturated/α-hetero) is 5. The van der Waals surface area contributed by atoms with Gasteiger partial charge in [-0.3, -0.25) is 24.0 Å². The summed E-state index contributed by atoms with van der Waals surface area (Å²) in [5.74, 6) is 1.82. The molecule has 1 aromatic rings. The Hall–Kier alpha value is -3.59. The van der Waals surface area contributed by atoms with Gasteiger partial charge in [-0.2, -0.15) is 0 Å². The van der Waals surface area contributed by atoms with E-state index in [-0.39, 0.29) is 22.2 Å². The largest absolute Gasteiger partial charge is 0.381 e. The lowest BCUT2D eigenvalue weighted by Crippen LogP contribution is -2.35. The highest BCUT2D eigenvalue weighted by Crippen LogP contribution is 2.34. The van der Waals surface area contributed by atoms with Crippen molar-refractivity contribution in [1.82, 2.24) is 4.90 Å². The Bertz CT molecular complexity index is 1350. The first-order valence-corrected chi connectivity index (χ1v) is 23.7. The Morgan fingerprint density at radius 1 is 0.683 bits per heavy atom. The number of aldehydes is 3. The average Bonchev–Trinajstić information content (AvgIpc) is 3.75. The van der Waals surface area contributed by atoms with Gasteiger partial charge in [0.2, 0.25) is 0 Å². The number of hydrogen-bond acceptors (Lipinski definition) is 12. The highest BCUT2D eigenvalue weighted by molar-refractivity contribution is 9.18. The molecular weight excluding hydrogens is 874 g/mol. The topological polar surface area (TPSA) is 185 Å². The fourth-order valence-electron chi connectivity index (χ4n) is 5.71. The molecule has 5 aliphatic rings. The summed E-state index contributed by atoms with van der Waals surface area (Å²) in [6.45, 7) is 13.4. The zero-order valence-electron chi connectivity index (χ0n) is 39.0. The minimum Gasteiger partial charge on any atom is -0.381 e. The lowest BCUT2D eigenvalue weighted by Gasteiger charge is -2.30. The molecule has 5 fully saturated rings. The molecule has 0 aromatic heterocycles. The molecular formula is C49H78BrNO12. The normalized spacial score (nSPS) is 17.2. The maximum absolute atomic E-state index is 10.9. The quantitative estimate of drug-likeness (QED) is 0.0938. The number of hydrogen-bond donors (Lipinski definition) is 0. The Kier molecular flexibility index (Phi) is 41.4. The molecule has 14 heteroatoms. The van der Waals surface area contributed by atoms with Crippen molar-refractivity contribution in [1.29, 1.82) is 0 Å². The first kappa shape index (κ1) is 61.5. The van der Waals surface area contributed by atoms with Crippen LogP contribution in [0.3, 0.4) is 0 Å². The predicted octanol–water partition coefficient (Wildman–Crippen LogP) is 9.72. The second-order valence-corrected chi connectivity index (χ2v) is 16.6. The van der Waals surface area contributed by atoms with Crippen LogP contribution in [0.5, 0.6) is 0 Å². The lowest BCUT2D eigenvalue weighted by molar-refractivity contribution is -0.179. The van der Waals surface area contributed by atoms with Crippen LogP contribution in [0.15, 0.2) is 30.3 Å². The third-order valence-corrected chi connectivity index (χ3v) is 10.3. The van der Waals surface area contributed by atoms with Crippen molar-refractivity contribution < 1.29 is 57.4 Å². The fourth-order valence-corrected chi connectivity index (χ4v) is 6.07. The summed E-state index contributed by atoms with van der Waals surface area (Å²) in [7, 11) is 0. The minimum atomic E-state index is -0.367. The molecule has 1 aromatic carbocycles. The van der Waals surface area contributed by atoms with Crippen LogP contribution in [0.1, 0.15) is 169 Å². The van der Waals surface area contributed by atoms with Gasteiger partial charge in [0.15, 0.2) is 5.79 Å². The van der Waals surface area contributed by atoms with Crippen molar-refractivity contribution in [2.45, 2.75) is 175 Å². The molecule has 13 nitrogen and oxygen atoms in total. The van der Waals surface area contributed by atoms with Crippen LogP contribution in [-0.2, 0) is 59.0 Å². The summed E-state index contributed by atoms with van der Waals surface area (Å²) in [5, 5.41) is 0. The molecule has 358 valence electrons. The van der Waals surface area contributed by atoms with Gasteiger partial charge in [0.25, 0.3) is 4.82 Å². The number of unbranched alkanes of at least 4 members (excludes halogenated alkanes) is 3. The number of aryl methyl sites for hydroxylation is 1. The lowest BCUT2D eigenvalue weighted by atomic mass is 9.93. The number of nitrogens with zero attached hydrogens (tertiary/aromatic N) is 1. The number of benzene rings is 1. The van der Waals surface area contributed by atoms with Gasteiger partial charge in [0.1, 0.15) is 47.8 Å². The van der Waals surface area contributed by atoms with E-state index in [1.807, 2.05) is 51.1 Å². The van der Waals surface area contributed by atoms with E-state index in [0.717, 1.165) is 76.6 Å². The van der Waals surface area contributed by atoms with E-state index < -0.39 is 0 Å². The smallest absolute Gasteiger partial charge is 0.289 e. The van der Waals surface area contributed by atoms with E-state index in [0.29, 0.717) is 121 Å². The summed E-state index contributed by atoms with van der Waals surface area (Å²) in [4.78, 5) is 93.7. The van der Waals surface area contributed by atoms with Crippen LogP contribution in [0, 0.1) is 5.92 Å². The van der Waals surface area contributed by atoms with Gasteiger partial charge in [0.05, 0.1) is 26.4 Å². The zero-order valence-corrected chi connectivity index (χ0v) is 40.6. The molecule has 0 atom stereocenters. The molecule has 0 unspecified atom stereocenters. The van der Waals surface area contributed by atoms with Gasteiger partial charge in [-0.15, -0.1) is 0 Å². The number of ether oxygens (including phenoxy) is 3. The number of ketones is 5. The predicted molar refractivity (Wildman–Crippen MR) is 249 cm³/mol. The number of piperidine rings is 1. The number of likely N-dealkylation sites (tertiary alicyclic amines) is 1. The van der Waals surface area contributed by atoms with Gasteiger partial charge in [-0.1, -0.05) is 77.3 Å². The van der Waals surface area contributed by atoms with Crippen LogP contribution in [0.4, 0.5) is 4.79 Å². The molecule has 1 spiro atoms. The van der Waals surface area contributed by atoms with Gasteiger partial charge in [0, 0.05) is 119 Å². The van der Waals surface area contributed by atoms with Gasteiger partial charge in [-0.25, -0.2) is 0 Å². The Labute approximate surface area is 386 Å². The molecule has 3 aliphatic heterocycles. The van der Waals surface area contributed by atoms with Crippen LogP contribution >= 0.6 is 15.9 Å². The molecule has 0 radical (unpaired) electrons. The van der Waals surface area contributed by atoms with Crippen LogP contribution in [0.25, 0.3) is 0 Å². The Balaban J connectivity index is 0. The highest BCUT2D eigenvalue weighted by atomic mass is 79.9. The molecule has 63 heavy (non-hydrogen) atoms. The molecule has 3 saturated heterocycles. The van der Waals surface area contributed by atoms with Crippen LogP contribution in [0.2, 0.25) is 0 Å². The average molecular weight is 953 g/mol. The van der Waals surface area contributed by atoms with E-state index in [1.165, 1.54) is 24.8 Å². The van der Waals surface area contributed by atoms with E-state index in [9.17, 15) is 43.2 Å². The molecule has 6 rings (SSSR count). The zero-order chi connectivity index (χ0) is 47.6. The summed E-state index contributed by atoms with van der Waals surface area (Å²) < 4.78 is 15.8. The minimum absolute atomic E-state index is 0.111. The van der Waals surface area contributed by atoms with Crippen LogP contribution in [-0.4, -0.2) is 103 Å². The summed E-state index contributed by atoms with van der Waals surface area (Å²) >= 11 is 2.83. The van der Waals surface area contributed by atoms with Crippen molar-refractivity contribution >= 4 is 68.5 Å². The second kappa shape index (κ2) is 42.4. The Morgan fingerprint density at radius 3 is 1.54 bits per heavy atom. The summed E-state index contributed by atoms with van der Waals surface area (Å²) in [6, 6.07) is 10.0. The van der Waals surface area contributed by atoms with E-state index in [2.05, 4.69) is 22.9 Å². The number of halogens is 1. The summed E-state index contributed by atoms with van der Waals surface area (Å²) in [6.07, 6.45) is 20.2. The van der Waals surface area contributed by atoms with Crippen molar-refractivity contribution in [2.24, 2.45) is 5.92 Å². The second-order valence-electron chi connectivity index (χ2n) is 15.9. The Morgan fingerprint density at radius 2 is 1.17 bits per heavy atom. The number of rotatable bonds is 10. The molecule has 0 N–H and O–H groups in total. The standard InChI is InChI=1S/C9H10O.C8H12O3.C6H8BrNO2.C6H10O.C6H12O.C5H8O2.C5H10O.C4H8O/c10-8-4-7-9-5-2-1-3-6-9;9-7-1-3-8(4-2-7)10-5-6-11-8;7-6(10)8-3-1-5(9)2-4-8;7-6-4-2-1-3-5-6;1-2-3-4-5-6-7;6-5-1-3-7-4-2-5;1-5(2)3-4-6;1-3-4(2)5/h1-3,5-6,8H,4,7H2;1-6H2;1-4H2;1-5H2;6H,2-5H2,1H3;1-4H2;4-5H,3H2,1-2H3;3H2,1-2H3. The monoisotopic (exact) mass is 951 g/mol. The van der Waals surface area contributed by atoms with Gasteiger partial charge < -0.3 is 38.3 Å². The van der Waals surface area contributed by atoms with Crippen molar-refractivity contribution in [3.63, 3.8) is 0 Å². The highest BCUT2D eigenvalue weighted by Gasteiger charge is 2.39. The fraction of sp³-hybridized carbons (Fsp3) is 0.694. The van der Waals surface area contributed by atoms with Crippen molar-refractivity contribution in [3.05, 3.63) is 35.9 Å². The van der Waals surface area contributed by atoms with E-state index in [4.69, 9.17) is 14.2 Å². The third-order valence-electron chi connectivity index (χ3n) is 9.80. The first-order valence-electron chi connectivity index (χ1n) is 22.9. The molecule has 0 bridgehead atoms. The SMILES string of the molecule is CC(C)CC=O.CCC(C)=O.CCCCCC=O.O=C1CCC2(CC1)OCCO2.O=C1CCCCC1.O=C1CCN(C(=O)Br)CC1.O=C1CCOCC1.O=CCCc1ccccc1. The molecule has 3 heterocycles. The van der Waals surface area contributed by atoms with E-state index >= 15 is 0 Å². The van der Waals surface area contributed by atoms with Crippen molar-refractivity contribution in [2.75, 3.05) is 39.5 Å². The van der Waals surface area contributed by atoms with Gasteiger partial charge >= 0.3 is 0 Å². The maximum Gasteiger partial charge on any atom is 0.289 e. The first-order chi connectivity index (χ1) is 30.2. The molecule has 2 aliphatic carbocycles.